The zero-order chi connectivity index (χ0) is 20.5. The predicted octanol–water partition coefficient (Wildman–Crippen LogP) is 8.13. The number of allylic oxidation sites excluding steroid dienone is 4. The van der Waals surface area contributed by atoms with E-state index in [9.17, 15) is 0 Å². The molecule has 0 radical (unpaired) electrons. The molecule has 4 aliphatic carbocycles. The van der Waals surface area contributed by atoms with Crippen LogP contribution >= 0.6 is 24.8 Å². The fourth-order valence-corrected chi connectivity index (χ4v) is 27.0. The van der Waals surface area contributed by atoms with Crippen LogP contribution in [0.5, 0.6) is 0 Å². The second kappa shape index (κ2) is 8.67. The van der Waals surface area contributed by atoms with Gasteiger partial charge in [0.15, 0.2) is 0 Å². The Morgan fingerprint density at radius 2 is 1.09 bits per heavy atom. The Morgan fingerprint density at radius 1 is 0.688 bits per heavy atom. The second-order valence-corrected chi connectivity index (χ2v) is 42.6. The molecule has 4 heteroatoms. The maximum atomic E-state index is 2.85. The molecule has 32 heavy (non-hydrogen) atoms. The van der Waals surface area contributed by atoms with Crippen LogP contribution in [0.1, 0.15) is 60.8 Å². The summed E-state index contributed by atoms with van der Waals surface area (Å²) in [6.45, 7) is 2.56. The maximum absolute atomic E-state index is 3.05. The molecule has 0 saturated carbocycles. The average molecular weight is 563 g/mol. The Balaban J connectivity index is 0.00000122. The van der Waals surface area contributed by atoms with Crippen molar-refractivity contribution in [2.45, 2.75) is 67.9 Å². The first-order valence-electron chi connectivity index (χ1n) is 12.1. The Kier molecular flexibility index (Phi) is 6.70. The van der Waals surface area contributed by atoms with E-state index in [0.717, 1.165) is 7.25 Å². The second-order valence-electron chi connectivity index (χ2n) is 11.5. The predicted molar refractivity (Wildman–Crippen MR) is 144 cm³/mol. The molecule has 2 unspecified atom stereocenters. The molecule has 2 atom stereocenters. The van der Waals surface area contributed by atoms with Crippen molar-refractivity contribution in [3.8, 4) is 0 Å². The summed E-state index contributed by atoms with van der Waals surface area (Å²) in [5, 5.41) is 0. The van der Waals surface area contributed by atoms with Crippen LogP contribution in [-0.2, 0) is 30.2 Å². The van der Waals surface area contributed by atoms with E-state index < -0.39 is 17.4 Å². The summed E-state index contributed by atoms with van der Waals surface area (Å²) in [5.74, 6) is 0. The molecule has 0 aliphatic heterocycles. The SMILES string of the molecule is Cl.Cl.[CH3][Zr]([CH3])(=[SiH2])([CH]1CCCC2=C1Cc1ccccc12)[CH]1CCCC2=C1Cc1ccccc12. The van der Waals surface area contributed by atoms with Crippen molar-refractivity contribution in [3.63, 3.8) is 0 Å². The molecule has 6 rings (SSSR count). The summed E-state index contributed by atoms with van der Waals surface area (Å²) in [6.07, 6.45) is 10.9. The van der Waals surface area contributed by atoms with Gasteiger partial charge < -0.3 is 0 Å². The van der Waals surface area contributed by atoms with Crippen LogP contribution in [0.15, 0.2) is 59.7 Å². The molecule has 0 aromatic heterocycles. The molecule has 0 amide bonds. The molecule has 0 saturated heterocycles. The molecular weight excluding hydrogens is 527 g/mol. The quantitative estimate of drug-likeness (QED) is 0.324. The van der Waals surface area contributed by atoms with E-state index in [1.165, 1.54) is 51.4 Å². The molecule has 0 N–H and O–H groups in total. The molecule has 4 aliphatic rings. The van der Waals surface area contributed by atoms with Gasteiger partial charge in [0.05, 0.1) is 0 Å². The molecule has 170 valence electrons. The van der Waals surface area contributed by atoms with Gasteiger partial charge in [0.1, 0.15) is 0 Å². The van der Waals surface area contributed by atoms with E-state index in [1.807, 2.05) is 11.1 Å². The van der Waals surface area contributed by atoms with Gasteiger partial charge in [-0.2, -0.15) is 0 Å². The van der Waals surface area contributed by atoms with E-state index in [1.54, 1.807) is 33.4 Å². The first-order chi connectivity index (χ1) is 14.4. The zero-order valence-corrected chi connectivity index (χ0v) is 25.0. The summed E-state index contributed by atoms with van der Waals surface area (Å²) in [7, 11) is 0. The van der Waals surface area contributed by atoms with Crippen LogP contribution in [0.3, 0.4) is 0 Å². The van der Waals surface area contributed by atoms with Crippen LogP contribution in [0.4, 0.5) is 0 Å². The fourth-order valence-electron chi connectivity index (χ4n) is 7.81. The van der Waals surface area contributed by atoms with Gasteiger partial charge in [0.2, 0.25) is 0 Å². The topological polar surface area (TPSA) is 0 Å². The van der Waals surface area contributed by atoms with Gasteiger partial charge in [0.25, 0.3) is 0 Å². The molecule has 0 fully saturated rings. The van der Waals surface area contributed by atoms with Gasteiger partial charge in [-0.25, -0.2) is 0 Å². The van der Waals surface area contributed by atoms with Crippen molar-refractivity contribution in [2.75, 3.05) is 0 Å². The molecule has 2 aromatic rings. The molecule has 0 nitrogen and oxygen atoms in total. The average Bonchev–Trinajstić information content (AvgIpc) is 3.31. The van der Waals surface area contributed by atoms with Gasteiger partial charge in [-0.05, 0) is 0 Å². The van der Waals surface area contributed by atoms with E-state index in [4.69, 9.17) is 0 Å². The van der Waals surface area contributed by atoms with Crippen molar-refractivity contribution >= 4 is 42.8 Å². The van der Waals surface area contributed by atoms with Crippen molar-refractivity contribution in [2.24, 2.45) is 0 Å². The van der Waals surface area contributed by atoms with Gasteiger partial charge in [0, 0.05) is 0 Å². The minimum atomic E-state index is -3.05. The van der Waals surface area contributed by atoms with Crippen molar-refractivity contribution in [1.82, 2.24) is 0 Å². The number of rotatable bonds is 2. The van der Waals surface area contributed by atoms with E-state index in [-0.39, 0.29) is 24.8 Å². The van der Waals surface area contributed by atoms with Gasteiger partial charge >= 0.3 is 185 Å². The van der Waals surface area contributed by atoms with Gasteiger partial charge in [-0.15, -0.1) is 24.8 Å². The summed E-state index contributed by atoms with van der Waals surface area (Å²) in [6, 6.07) is 18.6. The van der Waals surface area contributed by atoms with Gasteiger partial charge in [-0.3, -0.25) is 0 Å². The van der Waals surface area contributed by atoms with Crippen LogP contribution in [-0.4, -0.2) is 6.88 Å². The van der Waals surface area contributed by atoms with E-state index in [2.05, 4.69) is 64.7 Å². The minimum absolute atomic E-state index is 0. The third-order valence-corrected chi connectivity index (χ3v) is 29.4. The van der Waals surface area contributed by atoms with Crippen molar-refractivity contribution in [1.29, 1.82) is 0 Å². The monoisotopic (exact) mass is 560 g/mol. The number of benzene rings is 2. The summed E-state index contributed by atoms with van der Waals surface area (Å²) in [4.78, 5) is 0. The fraction of sp³-hybridized carbons (Fsp3) is 0.429. The molecule has 0 spiro atoms. The number of hydrogen-bond acceptors (Lipinski definition) is 0. The van der Waals surface area contributed by atoms with E-state index >= 15 is 0 Å². The first kappa shape index (κ1) is 24.7. The van der Waals surface area contributed by atoms with Crippen molar-refractivity contribution < 1.29 is 17.4 Å². The van der Waals surface area contributed by atoms with Crippen molar-refractivity contribution in [3.05, 3.63) is 81.9 Å². The van der Waals surface area contributed by atoms with Gasteiger partial charge in [-0.1, -0.05) is 0 Å². The van der Waals surface area contributed by atoms with Crippen LogP contribution in [0.25, 0.3) is 11.1 Å². The Hall–Kier alpha value is -0.400. The molecule has 0 bridgehead atoms. The standard InChI is InChI=1S/2C13H13.2CH3.2ClH.H2Si.Zr/c2*1-3-7-12-10(5-1)9-11-6-2-4-8-13(11)12;;;;;;/h2*1,3,5-7H,2,4,8-9H2;2*1H3;2*1H;1H2;. The van der Waals surface area contributed by atoms with E-state index in [0.29, 0.717) is 0 Å². The normalized spacial score (nSPS) is 24.1. The summed E-state index contributed by atoms with van der Waals surface area (Å²) >= 11 is -3.05. The number of halogens is 2. The van der Waals surface area contributed by atoms with Crippen LogP contribution < -0.4 is 0 Å². The zero-order valence-electron chi connectivity index (χ0n) is 19.5. The Bertz CT molecular complexity index is 1110. The molecule has 2 aromatic carbocycles. The third kappa shape index (κ3) is 3.64. The summed E-state index contributed by atoms with van der Waals surface area (Å²) in [5.41, 5.74) is 13.7. The third-order valence-electron chi connectivity index (χ3n) is 9.19. The number of fused-ring (bicyclic) bond motifs is 4. The van der Waals surface area contributed by atoms with Crippen LogP contribution in [0.2, 0.25) is 16.5 Å². The summed E-state index contributed by atoms with van der Waals surface area (Å²) < 4.78 is 7.52. The number of hydrogen-bond donors (Lipinski definition) is 0. The Morgan fingerprint density at radius 3 is 1.53 bits per heavy atom. The first-order valence-corrected chi connectivity index (χ1v) is 25.8. The Labute approximate surface area is 208 Å². The van der Waals surface area contributed by atoms with Crippen LogP contribution in [0, 0.1) is 0 Å². The molecular formula is C28H36Cl2SiZr. The molecule has 0 heterocycles.